The third-order valence-electron chi connectivity index (χ3n) is 3.16. The maximum atomic E-state index is 11.7. The number of nitrogens with zero attached hydrogens (tertiary/aromatic N) is 1. The van der Waals surface area contributed by atoms with Gasteiger partial charge in [-0.1, -0.05) is 6.92 Å². The lowest BCUT2D eigenvalue weighted by molar-refractivity contribution is 0.260. The van der Waals surface area contributed by atoms with E-state index in [1.165, 1.54) is 12.8 Å². The Bertz CT molecular complexity index is 300. The predicted octanol–water partition coefficient (Wildman–Crippen LogP) is -0.000400. The van der Waals surface area contributed by atoms with Crippen molar-refractivity contribution < 1.29 is 8.42 Å². The zero-order valence-electron chi connectivity index (χ0n) is 10.9. The van der Waals surface area contributed by atoms with E-state index in [2.05, 4.69) is 21.9 Å². The van der Waals surface area contributed by atoms with Gasteiger partial charge in [-0.05, 0) is 39.4 Å². The van der Waals surface area contributed by atoms with Crippen molar-refractivity contribution >= 4 is 10.0 Å². The van der Waals surface area contributed by atoms with Crippen LogP contribution >= 0.6 is 0 Å². The van der Waals surface area contributed by atoms with Crippen molar-refractivity contribution in [2.24, 2.45) is 0 Å². The van der Waals surface area contributed by atoms with Gasteiger partial charge in [0.1, 0.15) is 0 Å². The van der Waals surface area contributed by atoms with Crippen molar-refractivity contribution in [2.45, 2.75) is 32.7 Å². The second kappa shape index (κ2) is 7.31. The molecule has 1 heterocycles. The smallest absolute Gasteiger partial charge is 0.212 e. The second-order valence-electron chi connectivity index (χ2n) is 4.61. The Morgan fingerprint density at radius 1 is 1.29 bits per heavy atom. The first-order valence-corrected chi connectivity index (χ1v) is 8.12. The summed E-state index contributed by atoms with van der Waals surface area (Å²) in [7, 11) is -3.12. The average molecular weight is 263 g/mol. The van der Waals surface area contributed by atoms with Gasteiger partial charge in [-0.25, -0.2) is 13.1 Å². The van der Waals surface area contributed by atoms with E-state index in [0.717, 1.165) is 19.6 Å². The lowest BCUT2D eigenvalue weighted by atomic mass is 10.3. The van der Waals surface area contributed by atoms with Crippen LogP contribution in [0.2, 0.25) is 0 Å². The van der Waals surface area contributed by atoms with Crippen LogP contribution in [0.1, 0.15) is 26.7 Å². The number of hydrogen-bond donors (Lipinski definition) is 2. The fraction of sp³-hybridized carbons (Fsp3) is 1.00. The van der Waals surface area contributed by atoms with Crippen molar-refractivity contribution in [3.8, 4) is 0 Å². The SMILES string of the molecule is CCNCCS(=O)(=O)NCC(C)N1CCCC1. The van der Waals surface area contributed by atoms with Crippen LogP contribution < -0.4 is 10.0 Å². The summed E-state index contributed by atoms with van der Waals surface area (Å²) in [6.45, 7) is 8.09. The molecule has 1 atom stereocenters. The molecule has 6 heteroatoms. The van der Waals surface area contributed by atoms with Crippen LogP contribution in [0.4, 0.5) is 0 Å². The van der Waals surface area contributed by atoms with Crippen molar-refractivity contribution in [2.75, 3.05) is 38.5 Å². The molecule has 0 bridgehead atoms. The van der Waals surface area contributed by atoms with Crippen LogP contribution in [-0.4, -0.2) is 57.8 Å². The van der Waals surface area contributed by atoms with E-state index in [-0.39, 0.29) is 5.75 Å². The van der Waals surface area contributed by atoms with E-state index in [1.807, 2.05) is 6.92 Å². The van der Waals surface area contributed by atoms with Crippen LogP contribution in [0.15, 0.2) is 0 Å². The van der Waals surface area contributed by atoms with E-state index in [9.17, 15) is 8.42 Å². The summed E-state index contributed by atoms with van der Waals surface area (Å²) in [5.74, 6) is 0.160. The highest BCUT2D eigenvalue weighted by Gasteiger charge is 2.19. The third-order valence-corrected chi connectivity index (χ3v) is 4.51. The van der Waals surface area contributed by atoms with E-state index < -0.39 is 10.0 Å². The molecule has 0 aromatic rings. The minimum Gasteiger partial charge on any atom is -0.316 e. The fourth-order valence-electron chi connectivity index (χ4n) is 2.01. The van der Waals surface area contributed by atoms with Crippen LogP contribution in [0.3, 0.4) is 0 Å². The molecule has 0 aromatic heterocycles. The zero-order chi connectivity index (χ0) is 12.7. The molecule has 1 fully saturated rings. The summed E-state index contributed by atoms with van der Waals surface area (Å²) in [4.78, 5) is 2.34. The maximum Gasteiger partial charge on any atom is 0.212 e. The molecule has 0 aliphatic carbocycles. The molecule has 5 nitrogen and oxygen atoms in total. The van der Waals surface area contributed by atoms with Crippen LogP contribution in [0.5, 0.6) is 0 Å². The normalized spacial score (nSPS) is 19.6. The molecule has 102 valence electrons. The monoisotopic (exact) mass is 263 g/mol. The average Bonchev–Trinajstić information content (AvgIpc) is 2.80. The Morgan fingerprint density at radius 2 is 1.94 bits per heavy atom. The molecule has 0 amide bonds. The van der Waals surface area contributed by atoms with Gasteiger partial charge >= 0.3 is 0 Å². The largest absolute Gasteiger partial charge is 0.316 e. The lowest BCUT2D eigenvalue weighted by Gasteiger charge is -2.23. The highest BCUT2D eigenvalue weighted by molar-refractivity contribution is 7.89. The van der Waals surface area contributed by atoms with Crippen LogP contribution in [0.25, 0.3) is 0 Å². The second-order valence-corrected chi connectivity index (χ2v) is 6.54. The Morgan fingerprint density at radius 3 is 2.53 bits per heavy atom. The van der Waals surface area contributed by atoms with E-state index in [0.29, 0.717) is 19.1 Å². The van der Waals surface area contributed by atoms with E-state index in [1.54, 1.807) is 0 Å². The maximum absolute atomic E-state index is 11.7. The van der Waals surface area contributed by atoms with E-state index >= 15 is 0 Å². The first kappa shape index (κ1) is 14.9. The molecule has 17 heavy (non-hydrogen) atoms. The van der Waals surface area contributed by atoms with Crippen LogP contribution in [0, 0.1) is 0 Å². The highest BCUT2D eigenvalue weighted by atomic mass is 32.2. The Labute approximate surface area is 105 Å². The Balaban J connectivity index is 2.23. The van der Waals surface area contributed by atoms with Gasteiger partial charge in [-0.15, -0.1) is 0 Å². The third kappa shape index (κ3) is 5.81. The summed E-state index contributed by atoms with van der Waals surface area (Å²) in [5, 5.41) is 3.02. The molecule has 0 aromatic carbocycles. The summed E-state index contributed by atoms with van der Waals surface area (Å²) in [6.07, 6.45) is 2.47. The summed E-state index contributed by atoms with van der Waals surface area (Å²) in [5.41, 5.74) is 0. The minimum absolute atomic E-state index is 0.160. The molecular formula is C11H25N3O2S. The van der Waals surface area contributed by atoms with Gasteiger partial charge in [0.25, 0.3) is 0 Å². The van der Waals surface area contributed by atoms with Gasteiger partial charge in [0.2, 0.25) is 10.0 Å². The minimum atomic E-state index is -3.12. The highest BCUT2D eigenvalue weighted by Crippen LogP contribution is 2.10. The van der Waals surface area contributed by atoms with Gasteiger partial charge < -0.3 is 5.32 Å². The van der Waals surface area contributed by atoms with Gasteiger partial charge in [0.05, 0.1) is 5.75 Å². The van der Waals surface area contributed by atoms with Crippen molar-refractivity contribution in [3.63, 3.8) is 0 Å². The van der Waals surface area contributed by atoms with Gasteiger partial charge in [0, 0.05) is 19.1 Å². The lowest BCUT2D eigenvalue weighted by Crippen LogP contribution is -2.42. The van der Waals surface area contributed by atoms with E-state index in [4.69, 9.17) is 0 Å². The van der Waals surface area contributed by atoms with Crippen molar-refractivity contribution in [1.82, 2.24) is 14.9 Å². The Hall–Kier alpha value is -0.170. The number of hydrogen-bond acceptors (Lipinski definition) is 4. The molecule has 0 spiro atoms. The summed E-state index contributed by atoms with van der Waals surface area (Å²) < 4.78 is 26.0. The van der Waals surface area contributed by atoms with Gasteiger partial charge in [0.15, 0.2) is 0 Å². The standard InChI is InChI=1S/C11H25N3O2S/c1-3-12-6-9-17(15,16)13-10-11(2)14-7-4-5-8-14/h11-13H,3-10H2,1-2H3. The molecule has 1 rings (SSSR count). The predicted molar refractivity (Wildman–Crippen MR) is 70.6 cm³/mol. The Kier molecular flexibility index (Phi) is 6.40. The number of sulfonamides is 1. The number of likely N-dealkylation sites (tertiary alicyclic amines) is 1. The first-order valence-electron chi connectivity index (χ1n) is 6.47. The molecule has 1 aliphatic rings. The molecular weight excluding hydrogens is 238 g/mol. The van der Waals surface area contributed by atoms with Crippen molar-refractivity contribution in [1.29, 1.82) is 0 Å². The molecule has 1 unspecified atom stereocenters. The zero-order valence-corrected chi connectivity index (χ0v) is 11.7. The first-order chi connectivity index (χ1) is 8.05. The van der Waals surface area contributed by atoms with Gasteiger partial charge in [-0.2, -0.15) is 0 Å². The van der Waals surface area contributed by atoms with Crippen molar-refractivity contribution in [3.05, 3.63) is 0 Å². The molecule has 2 N–H and O–H groups in total. The van der Waals surface area contributed by atoms with Crippen LogP contribution in [-0.2, 0) is 10.0 Å². The topological polar surface area (TPSA) is 61.4 Å². The quantitative estimate of drug-likeness (QED) is 0.605. The molecule has 0 saturated carbocycles. The molecule has 1 saturated heterocycles. The van der Waals surface area contributed by atoms with Gasteiger partial charge in [-0.3, -0.25) is 4.90 Å². The molecule has 0 radical (unpaired) electrons. The number of rotatable bonds is 8. The molecule has 1 aliphatic heterocycles. The summed E-state index contributed by atoms with van der Waals surface area (Å²) >= 11 is 0. The summed E-state index contributed by atoms with van der Waals surface area (Å²) in [6, 6.07) is 0.298. The fourth-order valence-corrected chi connectivity index (χ4v) is 3.07. The number of nitrogens with one attached hydrogen (secondary N) is 2.